The predicted molar refractivity (Wildman–Crippen MR) is 121 cm³/mol. The third-order valence-electron chi connectivity index (χ3n) is 6.92. The molecule has 3 saturated carbocycles. The van der Waals surface area contributed by atoms with E-state index >= 15 is 0 Å². The van der Waals surface area contributed by atoms with Crippen LogP contribution in [0.2, 0.25) is 0 Å². The van der Waals surface area contributed by atoms with Crippen molar-refractivity contribution in [3.05, 3.63) is 59.4 Å². The van der Waals surface area contributed by atoms with Crippen LogP contribution in [0.25, 0.3) is 33.3 Å². The van der Waals surface area contributed by atoms with Crippen LogP contribution in [0.4, 0.5) is 0 Å². The number of furan rings is 1. The van der Waals surface area contributed by atoms with Gasteiger partial charge in [0.15, 0.2) is 0 Å². The molecule has 0 spiro atoms. The molecule has 3 aliphatic rings. The topological polar surface area (TPSA) is 38.9 Å². The van der Waals surface area contributed by atoms with Gasteiger partial charge in [-0.05, 0) is 98.6 Å². The number of nitrogens with zero attached hydrogens (tertiary/aromatic N) is 2. The van der Waals surface area contributed by atoms with Gasteiger partial charge in [0.2, 0.25) is 5.71 Å². The van der Waals surface area contributed by atoms with Crippen LogP contribution in [-0.2, 0) is 6.37 Å². The molecule has 3 fully saturated rings. The normalized spacial score (nSPS) is 28.7. The Morgan fingerprint density at radius 2 is 2.03 bits per heavy atom. The number of hydrogen-bond donors (Lipinski definition) is 0. The van der Waals surface area contributed by atoms with Crippen LogP contribution in [0.15, 0.2) is 47.0 Å². The second-order valence-electron chi connectivity index (χ2n) is 8.71. The average Bonchev–Trinajstić information content (AvgIpc) is 3.26. The monoisotopic (exact) mass is 404 g/mol. The van der Waals surface area contributed by atoms with Crippen molar-refractivity contribution in [2.24, 2.45) is 17.8 Å². The van der Waals surface area contributed by atoms with Gasteiger partial charge in [0.05, 0.1) is 5.69 Å². The van der Waals surface area contributed by atoms with Gasteiger partial charge in [0.25, 0.3) is 0 Å². The summed E-state index contributed by atoms with van der Waals surface area (Å²) in [7, 11) is 0. The van der Waals surface area contributed by atoms with E-state index in [2.05, 4.69) is 9.97 Å². The predicted octanol–water partition coefficient (Wildman–Crippen LogP) is 7.03. The molecule has 3 nitrogen and oxygen atoms in total. The summed E-state index contributed by atoms with van der Waals surface area (Å²) in [5.41, 5.74) is 1.72. The molecule has 0 aliphatic heterocycles. The Kier molecular flexibility index (Phi) is 2.69. The Bertz CT molecular complexity index is 1530. The van der Waals surface area contributed by atoms with E-state index < -0.39 is 20.1 Å². The highest BCUT2D eigenvalue weighted by molar-refractivity contribution is 6.10. The Hall–Kier alpha value is -2.68. The molecule has 152 valence electrons. The van der Waals surface area contributed by atoms with Crippen molar-refractivity contribution in [1.29, 1.82) is 0 Å². The summed E-state index contributed by atoms with van der Waals surface area (Å²) in [6.45, 7) is -4.88. The summed E-state index contributed by atoms with van der Waals surface area (Å²) in [4.78, 5) is 8.70. The number of fused-ring (bicyclic) bond motifs is 6. The average molecular weight is 405 g/mol. The molecule has 3 aromatic heterocycles. The summed E-state index contributed by atoms with van der Waals surface area (Å²) in [5, 5.41) is 0.743. The molecule has 30 heavy (non-hydrogen) atoms. The maximum atomic E-state index is 9.10. The van der Waals surface area contributed by atoms with Crippen molar-refractivity contribution in [3.63, 3.8) is 0 Å². The highest BCUT2D eigenvalue weighted by Crippen LogP contribution is 2.46. The Balaban J connectivity index is 1.51. The molecule has 3 heteroatoms. The molecule has 0 amide bonds. The molecular weight excluding hydrogens is 368 g/mol. The first-order valence-electron chi connectivity index (χ1n) is 14.7. The van der Waals surface area contributed by atoms with Crippen molar-refractivity contribution < 1.29 is 15.4 Å². The summed E-state index contributed by atoms with van der Waals surface area (Å²) in [6.07, 6.45) is 5.49. The smallest absolute Gasteiger partial charge is 0.227 e. The molecule has 0 N–H and O–H groups in total. The van der Waals surface area contributed by atoms with Crippen molar-refractivity contribution in [1.82, 2.24) is 9.97 Å². The van der Waals surface area contributed by atoms with Crippen molar-refractivity contribution in [2.45, 2.75) is 52.2 Å². The highest BCUT2D eigenvalue weighted by atomic mass is 16.3. The maximum Gasteiger partial charge on any atom is 0.227 e. The Morgan fingerprint density at radius 3 is 2.83 bits per heavy atom. The van der Waals surface area contributed by atoms with E-state index in [0.29, 0.717) is 39.4 Å². The number of aromatic nitrogens is 2. The van der Waals surface area contributed by atoms with Crippen LogP contribution in [0, 0.1) is 31.5 Å². The summed E-state index contributed by atoms with van der Waals surface area (Å²) in [5.74, 6) is 0.930. The lowest BCUT2D eigenvalue weighted by Crippen LogP contribution is -2.32. The molecule has 1 unspecified atom stereocenters. The van der Waals surface area contributed by atoms with Crippen LogP contribution in [0.3, 0.4) is 0 Å². The fourth-order valence-corrected chi connectivity index (χ4v) is 5.40. The van der Waals surface area contributed by atoms with Crippen LogP contribution in [0.1, 0.15) is 59.9 Å². The number of hydrogen-bond acceptors (Lipinski definition) is 3. The zero-order chi connectivity index (χ0) is 27.0. The minimum atomic E-state index is -2.44. The van der Waals surface area contributed by atoms with Gasteiger partial charge in [-0.3, -0.25) is 4.98 Å². The lowest BCUT2D eigenvalue weighted by Gasteiger charge is -2.42. The van der Waals surface area contributed by atoms with E-state index in [1.165, 1.54) is 31.0 Å². The van der Waals surface area contributed by atoms with E-state index in [9.17, 15) is 0 Å². The second-order valence-corrected chi connectivity index (χ2v) is 8.71. The number of rotatable bonds is 3. The van der Waals surface area contributed by atoms with Gasteiger partial charge >= 0.3 is 0 Å². The standard InChI is InChI=1S/C27H28N2O/c1-16-3-9-22(26-25(16)23-10-4-17(2)29-27(23)30-26)24-15-19(11-12-28-24)14-21-13-18-5-7-20(21)8-6-18/h3-4,9-12,15,18,20-21H,5-8,13-14H2,1-2H3/i1D3,2D3,14D2. The molecule has 3 aliphatic carbocycles. The quantitative estimate of drug-likeness (QED) is 0.368. The van der Waals surface area contributed by atoms with E-state index in [4.69, 9.17) is 15.4 Å². The second kappa shape index (κ2) is 6.94. The number of benzene rings is 1. The number of pyridine rings is 2. The van der Waals surface area contributed by atoms with Gasteiger partial charge < -0.3 is 4.42 Å². The van der Waals surface area contributed by atoms with E-state index in [1.807, 2.05) is 0 Å². The van der Waals surface area contributed by atoms with Gasteiger partial charge in [-0.25, -0.2) is 4.98 Å². The lowest BCUT2D eigenvalue weighted by molar-refractivity contribution is 0.0991. The van der Waals surface area contributed by atoms with Gasteiger partial charge in [0, 0.05) is 39.2 Å². The Morgan fingerprint density at radius 1 is 1.10 bits per heavy atom. The van der Waals surface area contributed by atoms with Crippen LogP contribution in [0.5, 0.6) is 0 Å². The number of aryl methyl sites for hydroxylation is 2. The molecule has 1 atom stereocenters. The lowest BCUT2D eigenvalue weighted by atomic mass is 9.63. The van der Waals surface area contributed by atoms with Gasteiger partial charge in [-0.15, -0.1) is 0 Å². The zero-order valence-corrected chi connectivity index (χ0v) is 16.6. The van der Waals surface area contributed by atoms with E-state index in [1.54, 1.807) is 24.4 Å². The molecular formula is C27H28N2O. The first-order chi connectivity index (χ1) is 17.8. The third kappa shape index (κ3) is 2.94. The van der Waals surface area contributed by atoms with Crippen molar-refractivity contribution in [2.75, 3.05) is 0 Å². The van der Waals surface area contributed by atoms with Crippen LogP contribution < -0.4 is 0 Å². The molecule has 7 rings (SSSR count). The van der Waals surface area contributed by atoms with Gasteiger partial charge in [0.1, 0.15) is 5.58 Å². The van der Waals surface area contributed by atoms with Gasteiger partial charge in [-0.1, -0.05) is 18.9 Å². The summed E-state index contributed by atoms with van der Waals surface area (Å²) in [6, 6.07) is 9.51. The molecule has 0 saturated heterocycles. The first-order valence-corrected chi connectivity index (χ1v) is 10.7. The third-order valence-corrected chi connectivity index (χ3v) is 6.92. The molecule has 2 bridgehead atoms. The zero-order valence-electron chi connectivity index (χ0n) is 24.6. The fourth-order valence-electron chi connectivity index (χ4n) is 5.40. The summed E-state index contributed by atoms with van der Waals surface area (Å²) < 4.78 is 71.5. The minimum Gasteiger partial charge on any atom is -0.437 e. The highest BCUT2D eigenvalue weighted by Gasteiger charge is 2.35. The van der Waals surface area contributed by atoms with Crippen molar-refractivity contribution in [3.8, 4) is 11.3 Å². The minimum absolute atomic E-state index is 0.0382. The van der Waals surface area contributed by atoms with E-state index in [0.717, 1.165) is 19.3 Å². The summed E-state index contributed by atoms with van der Waals surface area (Å²) >= 11 is 0. The van der Waals surface area contributed by atoms with Crippen LogP contribution in [-0.4, -0.2) is 9.97 Å². The first kappa shape index (κ1) is 11.6. The Labute approximate surface area is 188 Å². The molecule has 3 heterocycles. The van der Waals surface area contributed by atoms with Crippen LogP contribution >= 0.6 is 0 Å². The maximum absolute atomic E-state index is 9.10. The van der Waals surface area contributed by atoms with Crippen molar-refractivity contribution >= 4 is 22.1 Å². The fraction of sp³-hybridized carbons (Fsp3) is 0.407. The van der Waals surface area contributed by atoms with Gasteiger partial charge in [-0.2, -0.15) is 0 Å². The SMILES string of the molecule is [2H]C([2H])([2H])c1ccc2c(n1)oc1c(-c3cc(C([2H])([2H])C4CC5CCC4CC5)ccn3)ccc(C([2H])([2H])[2H])c12. The largest absolute Gasteiger partial charge is 0.437 e. The molecule has 4 aromatic rings. The van der Waals surface area contributed by atoms with E-state index in [-0.39, 0.29) is 28.5 Å². The molecule has 1 aromatic carbocycles. The molecule has 0 radical (unpaired) electrons.